The number of nitrogens with zero attached hydrogens (tertiary/aromatic N) is 2. The first-order chi connectivity index (χ1) is 12.2. The third kappa shape index (κ3) is 6.61. The number of amides is 1. The maximum atomic E-state index is 11.8. The number of benzene rings is 1. The summed E-state index contributed by atoms with van der Waals surface area (Å²) in [7, 11) is 0. The number of aliphatic imine (C=N–C) groups is 1. The molecule has 0 aromatic heterocycles. The van der Waals surface area contributed by atoms with Crippen LogP contribution in [0.15, 0.2) is 29.3 Å². The second-order valence-electron chi connectivity index (χ2n) is 6.14. The molecule has 25 heavy (non-hydrogen) atoms. The van der Waals surface area contributed by atoms with Gasteiger partial charge in [-0.3, -0.25) is 4.79 Å². The van der Waals surface area contributed by atoms with Crippen molar-refractivity contribution in [1.29, 1.82) is 0 Å². The molecule has 138 valence electrons. The maximum Gasteiger partial charge on any atom is 0.227 e. The first-order valence-electron chi connectivity index (χ1n) is 9.15. The zero-order chi connectivity index (χ0) is 17.9. The lowest BCUT2D eigenvalue weighted by Gasteiger charge is -2.16. The van der Waals surface area contributed by atoms with E-state index in [9.17, 15) is 4.79 Å². The highest BCUT2D eigenvalue weighted by atomic mass is 32.2. The van der Waals surface area contributed by atoms with E-state index in [0.717, 1.165) is 49.7 Å². The lowest BCUT2D eigenvalue weighted by Crippen LogP contribution is -2.37. The summed E-state index contributed by atoms with van der Waals surface area (Å²) < 4.78 is 0. The minimum Gasteiger partial charge on any atom is -0.357 e. The molecular formula is C19H30N4OS. The van der Waals surface area contributed by atoms with Gasteiger partial charge in [0, 0.05) is 31.7 Å². The predicted molar refractivity (Wildman–Crippen MR) is 108 cm³/mol. The van der Waals surface area contributed by atoms with Crippen LogP contribution in [0.5, 0.6) is 0 Å². The van der Waals surface area contributed by atoms with Crippen LogP contribution in [0.3, 0.4) is 0 Å². The number of rotatable bonds is 9. The smallest absolute Gasteiger partial charge is 0.227 e. The zero-order valence-electron chi connectivity index (χ0n) is 15.4. The van der Waals surface area contributed by atoms with Crippen molar-refractivity contribution in [3.8, 4) is 0 Å². The molecule has 1 heterocycles. The number of hydrogen-bond acceptors (Lipinski definition) is 3. The average molecular weight is 363 g/mol. The second kappa shape index (κ2) is 11.0. The molecule has 0 spiro atoms. The van der Waals surface area contributed by atoms with E-state index in [1.54, 1.807) is 0 Å². The van der Waals surface area contributed by atoms with Crippen molar-refractivity contribution >= 4 is 29.3 Å². The molecule has 0 bridgehead atoms. The summed E-state index contributed by atoms with van der Waals surface area (Å²) in [5.41, 5.74) is 2.14. The Kier molecular flexibility index (Phi) is 8.66. The topological polar surface area (TPSA) is 56.7 Å². The van der Waals surface area contributed by atoms with Crippen LogP contribution in [-0.2, 0) is 11.3 Å². The summed E-state index contributed by atoms with van der Waals surface area (Å²) in [4.78, 5) is 18.3. The van der Waals surface area contributed by atoms with Crippen molar-refractivity contribution in [3.63, 3.8) is 0 Å². The van der Waals surface area contributed by atoms with Crippen LogP contribution in [0, 0.1) is 0 Å². The molecule has 0 atom stereocenters. The molecule has 1 fully saturated rings. The van der Waals surface area contributed by atoms with E-state index >= 15 is 0 Å². The van der Waals surface area contributed by atoms with Gasteiger partial charge in [-0.25, -0.2) is 4.99 Å². The van der Waals surface area contributed by atoms with Gasteiger partial charge in [0.25, 0.3) is 0 Å². The average Bonchev–Trinajstić information content (AvgIpc) is 3.06. The number of nitrogens with one attached hydrogen (secondary N) is 2. The Morgan fingerprint density at radius 2 is 2.04 bits per heavy atom. The quantitative estimate of drug-likeness (QED) is 0.403. The Hall–Kier alpha value is -1.69. The van der Waals surface area contributed by atoms with Gasteiger partial charge in [0.05, 0.1) is 6.54 Å². The van der Waals surface area contributed by atoms with Crippen LogP contribution >= 0.6 is 11.8 Å². The molecule has 2 rings (SSSR count). The van der Waals surface area contributed by atoms with Crippen LogP contribution in [0.4, 0.5) is 5.69 Å². The van der Waals surface area contributed by atoms with Crippen molar-refractivity contribution in [2.75, 3.05) is 36.5 Å². The van der Waals surface area contributed by atoms with Crippen LogP contribution < -0.4 is 15.5 Å². The van der Waals surface area contributed by atoms with Gasteiger partial charge in [0.2, 0.25) is 5.91 Å². The molecule has 0 aliphatic carbocycles. The summed E-state index contributed by atoms with van der Waals surface area (Å²) in [6, 6.07) is 8.17. The molecule has 6 heteroatoms. The van der Waals surface area contributed by atoms with Gasteiger partial charge >= 0.3 is 0 Å². The fourth-order valence-electron chi connectivity index (χ4n) is 2.79. The Bertz CT molecular complexity index is 559. The van der Waals surface area contributed by atoms with E-state index in [1.165, 1.54) is 12.2 Å². The maximum absolute atomic E-state index is 11.8. The fraction of sp³-hybridized carbons (Fsp3) is 0.579. The van der Waals surface area contributed by atoms with Crippen molar-refractivity contribution in [2.45, 2.75) is 39.2 Å². The summed E-state index contributed by atoms with van der Waals surface area (Å²) in [5, 5.41) is 6.67. The number of hydrogen-bond donors (Lipinski definition) is 2. The van der Waals surface area contributed by atoms with E-state index < -0.39 is 0 Å². The Morgan fingerprint density at radius 3 is 2.68 bits per heavy atom. The number of thioether (sulfide) groups is 1. The van der Waals surface area contributed by atoms with Crippen molar-refractivity contribution < 1.29 is 4.79 Å². The molecule has 2 N–H and O–H groups in total. The molecule has 1 aliphatic heterocycles. The Balaban J connectivity index is 1.85. The molecule has 1 aliphatic rings. The van der Waals surface area contributed by atoms with E-state index in [0.29, 0.717) is 13.0 Å². The first-order valence-corrected chi connectivity index (χ1v) is 10.5. The molecule has 1 aromatic carbocycles. The van der Waals surface area contributed by atoms with E-state index in [-0.39, 0.29) is 5.91 Å². The van der Waals surface area contributed by atoms with Crippen LogP contribution in [0.2, 0.25) is 0 Å². The lowest BCUT2D eigenvalue weighted by atomic mass is 10.2. The van der Waals surface area contributed by atoms with E-state index in [1.807, 2.05) is 28.8 Å². The third-order valence-electron chi connectivity index (χ3n) is 4.15. The highest BCUT2D eigenvalue weighted by molar-refractivity contribution is 7.98. The van der Waals surface area contributed by atoms with Gasteiger partial charge in [-0.05, 0) is 55.9 Å². The Morgan fingerprint density at radius 1 is 1.24 bits per heavy atom. The molecule has 0 saturated carbocycles. The lowest BCUT2D eigenvalue weighted by molar-refractivity contribution is -0.117. The molecule has 1 aromatic rings. The summed E-state index contributed by atoms with van der Waals surface area (Å²) >= 11 is 1.89. The van der Waals surface area contributed by atoms with Gasteiger partial charge < -0.3 is 15.5 Å². The number of unbranched alkanes of at least 4 members (excludes halogenated alkanes) is 1. The van der Waals surface area contributed by atoms with Crippen LogP contribution in [0.1, 0.15) is 38.2 Å². The van der Waals surface area contributed by atoms with Crippen molar-refractivity contribution in [3.05, 3.63) is 29.8 Å². The summed E-state index contributed by atoms with van der Waals surface area (Å²) in [6.45, 7) is 5.34. The molecule has 0 radical (unpaired) electrons. The summed E-state index contributed by atoms with van der Waals surface area (Å²) in [5.74, 6) is 2.30. The Labute approximate surface area is 155 Å². The number of carbonyl (C=O) groups excluding carboxylic acids is 1. The monoisotopic (exact) mass is 362 g/mol. The first kappa shape index (κ1) is 19.6. The number of guanidine groups is 1. The van der Waals surface area contributed by atoms with Gasteiger partial charge in [-0.15, -0.1) is 0 Å². The van der Waals surface area contributed by atoms with Gasteiger partial charge in [0.15, 0.2) is 5.96 Å². The predicted octanol–water partition coefficient (Wildman–Crippen LogP) is 3.01. The molecular weight excluding hydrogens is 332 g/mol. The number of anilines is 1. The van der Waals surface area contributed by atoms with Crippen LogP contribution in [0.25, 0.3) is 0 Å². The highest BCUT2D eigenvalue weighted by Gasteiger charge is 2.21. The summed E-state index contributed by atoms with van der Waals surface area (Å²) in [6.07, 6.45) is 6.15. The molecule has 5 nitrogen and oxygen atoms in total. The zero-order valence-corrected chi connectivity index (χ0v) is 16.2. The van der Waals surface area contributed by atoms with Gasteiger partial charge in [0.1, 0.15) is 0 Å². The molecule has 1 saturated heterocycles. The number of carbonyl (C=O) groups is 1. The van der Waals surface area contributed by atoms with Crippen molar-refractivity contribution in [1.82, 2.24) is 10.6 Å². The fourth-order valence-corrected chi connectivity index (χ4v) is 3.29. The molecule has 1 amide bonds. The minimum absolute atomic E-state index is 0.228. The van der Waals surface area contributed by atoms with E-state index in [2.05, 4.69) is 40.9 Å². The SMILES string of the molecule is CCNC(=NCc1ccc(N2CCCC2=O)cc1)NCCCCSC. The third-order valence-corrected chi connectivity index (χ3v) is 4.85. The standard InChI is InChI=1S/C19H30N4OS/c1-3-20-19(21-12-4-5-14-25-2)22-15-16-8-10-17(11-9-16)23-13-6-7-18(23)24/h8-11H,3-7,12-15H2,1-2H3,(H2,20,21,22). The normalized spacial score (nSPS) is 14.9. The minimum atomic E-state index is 0.228. The van der Waals surface area contributed by atoms with E-state index in [4.69, 9.17) is 0 Å². The van der Waals surface area contributed by atoms with Crippen molar-refractivity contribution in [2.24, 2.45) is 4.99 Å². The highest BCUT2D eigenvalue weighted by Crippen LogP contribution is 2.21. The largest absolute Gasteiger partial charge is 0.357 e. The van der Waals surface area contributed by atoms with Gasteiger partial charge in [-0.1, -0.05) is 12.1 Å². The molecule has 0 unspecified atom stereocenters. The van der Waals surface area contributed by atoms with Gasteiger partial charge in [-0.2, -0.15) is 11.8 Å². The second-order valence-corrected chi connectivity index (χ2v) is 7.12. The van der Waals surface area contributed by atoms with Crippen LogP contribution in [-0.4, -0.2) is 43.5 Å².